The van der Waals surface area contributed by atoms with Gasteiger partial charge in [-0.05, 0) is 42.2 Å². The molecule has 1 saturated heterocycles. The van der Waals surface area contributed by atoms with Crippen LogP contribution >= 0.6 is 11.8 Å². The maximum Gasteiger partial charge on any atom is 0.244 e. The van der Waals surface area contributed by atoms with Crippen molar-refractivity contribution >= 4 is 33.4 Å². The van der Waals surface area contributed by atoms with E-state index in [9.17, 15) is 13.2 Å². The molecule has 2 atom stereocenters. The van der Waals surface area contributed by atoms with E-state index in [1.807, 2.05) is 30.3 Å². The number of anilines is 1. The number of para-hydroxylation sites is 1. The predicted molar refractivity (Wildman–Crippen MR) is 110 cm³/mol. The van der Waals surface area contributed by atoms with E-state index in [1.165, 1.54) is 16.1 Å². The molecule has 1 N–H and O–H groups in total. The number of carbonyl (C=O) groups excluding carboxylic acids is 1. The van der Waals surface area contributed by atoms with E-state index in [0.29, 0.717) is 17.4 Å². The Labute approximate surface area is 165 Å². The van der Waals surface area contributed by atoms with Gasteiger partial charge in [-0.15, -0.1) is 11.8 Å². The normalized spacial score (nSPS) is 19.0. The fourth-order valence-electron chi connectivity index (χ4n) is 2.96. The minimum absolute atomic E-state index is 0.231. The topological polar surface area (TPSA) is 66.5 Å². The zero-order valence-electron chi connectivity index (χ0n) is 15.5. The van der Waals surface area contributed by atoms with Crippen LogP contribution in [-0.4, -0.2) is 36.3 Å². The molecule has 5 nitrogen and oxygen atoms in total. The molecule has 0 radical (unpaired) electrons. The molecule has 0 unspecified atom stereocenters. The van der Waals surface area contributed by atoms with Gasteiger partial charge < -0.3 is 5.32 Å². The van der Waals surface area contributed by atoms with Gasteiger partial charge in [0.15, 0.2) is 0 Å². The Balaban J connectivity index is 1.79. The van der Waals surface area contributed by atoms with Crippen LogP contribution in [0.5, 0.6) is 0 Å². The van der Waals surface area contributed by atoms with Crippen LogP contribution in [-0.2, 0) is 14.8 Å². The van der Waals surface area contributed by atoms with Crippen molar-refractivity contribution in [3.8, 4) is 0 Å². The first kappa shape index (κ1) is 19.9. The molecule has 2 aromatic carbocycles. The molecular formula is C20H24N2O3S2. The molecule has 7 heteroatoms. The van der Waals surface area contributed by atoms with Crippen molar-refractivity contribution < 1.29 is 13.2 Å². The van der Waals surface area contributed by atoms with E-state index in [0.717, 1.165) is 12.0 Å². The van der Waals surface area contributed by atoms with Crippen molar-refractivity contribution in [2.45, 2.75) is 37.1 Å². The summed E-state index contributed by atoms with van der Waals surface area (Å²) in [6.07, 6.45) is 0.997. The molecule has 1 heterocycles. The van der Waals surface area contributed by atoms with Crippen LogP contribution in [0.2, 0.25) is 0 Å². The lowest BCUT2D eigenvalue weighted by Crippen LogP contribution is -2.44. The Morgan fingerprint density at radius 3 is 2.48 bits per heavy atom. The van der Waals surface area contributed by atoms with Crippen LogP contribution < -0.4 is 5.32 Å². The second kappa shape index (κ2) is 8.46. The SMILES string of the molecule is CC[C@H](C)c1ccc(S(=O)(=O)N2CSC[C@H]2C(=O)Nc2ccccc2)cc1. The lowest BCUT2D eigenvalue weighted by atomic mass is 9.99. The highest BCUT2D eigenvalue weighted by Gasteiger charge is 2.40. The molecule has 0 spiro atoms. The zero-order valence-corrected chi connectivity index (χ0v) is 17.1. The molecule has 2 aromatic rings. The first-order valence-corrected chi connectivity index (χ1v) is 11.6. The Bertz CT molecular complexity index is 883. The van der Waals surface area contributed by atoms with E-state index in [4.69, 9.17) is 0 Å². The molecule has 27 heavy (non-hydrogen) atoms. The van der Waals surface area contributed by atoms with Gasteiger partial charge in [0, 0.05) is 11.4 Å². The van der Waals surface area contributed by atoms with Crippen molar-refractivity contribution in [2.75, 3.05) is 16.9 Å². The number of amides is 1. The summed E-state index contributed by atoms with van der Waals surface area (Å²) >= 11 is 1.45. The highest BCUT2D eigenvalue weighted by Crippen LogP contribution is 2.30. The van der Waals surface area contributed by atoms with E-state index in [2.05, 4.69) is 19.2 Å². The van der Waals surface area contributed by atoms with E-state index in [1.54, 1.807) is 24.3 Å². The van der Waals surface area contributed by atoms with Gasteiger partial charge in [-0.3, -0.25) is 4.79 Å². The van der Waals surface area contributed by atoms with Gasteiger partial charge in [0.2, 0.25) is 15.9 Å². The van der Waals surface area contributed by atoms with Gasteiger partial charge in [-0.2, -0.15) is 4.31 Å². The van der Waals surface area contributed by atoms with Crippen molar-refractivity contribution in [1.29, 1.82) is 0 Å². The van der Waals surface area contributed by atoms with Gasteiger partial charge >= 0.3 is 0 Å². The molecule has 144 valence electrons. The van der Waals surface area contributed by atoms with Crippen molar-refractivity contribution in [2.24, 2.45) is 0 Å². The molecule has 0 bridgehead atoms. The maximum absolute atomic E-state index is 13.1. The van der Waals surface area contributed by atoms with E-state index in [-0.39, 0.29) is 16.7 Å². The Hall–Kier alpha value is -1.83. The third kappa shape index (κ3) is 4.36. The quantitative estimate of drug-likeness (QED) is 0.793. The number of thioether (sulfide) groups is 1. The molecule has 1 amide bonds. The number of rotatable bonds is 6. The van der Waals surface area contributed by atoms with Crippen molar-refractivity contribution in [1.82, 2.24) is 4.31 Å². The lowest BCUT2D eigenvalue weighted by molar-refractivity contribution is -0.118. The molecule has 1 aliphatic heterocycles. The van der Waals surface area contributed by atoms with Crippen LogP contribution in [0.3, 0.4) is 0 Å². The fraction of sp³-hybridized carbons (Fsp3) is 0.350. The smallest absolute Gasteiger partial charge is 0.244 e. The highest BCUT2D eigenvalue weighted by atomic mass is 32.2. The number of hydrogen-bond acceptors (Lipinski definition) is 4. The van der Waals surface area contributed by atoms with Gasteiger partial charge in [-0.1, -0.05) is 44.2 Å². The summed E-state index contributed by atoms with van der Waals surface area (Å²) in [7, 11) is -3.72. The Morgan fingerprint density at radius 1 is 1.19 bits per heavy atom. The number of sulfonamides is 1. The van der Waals surface area contributed by atoms with Crippen LogP contribution in [0.25, 0.3) is 0 Å². The summed E-state index contributed by atoms with van der Waals surface area (Å²) in [5, 5.41) is 2.81. The van der Waals surface area contributed by atoms with Crippen LogP contribution in [0.15, 0.2) is 59.5 Å². The van der Waals surface area contributed by atoms with Crippen LogP contribution in [0, 0.1) is 0 Å². The summed E-state index contributed by atoms with van der Waals surface area (Å²) in [6, 6.07) is 15.4. The third-order valence-electron chi connectivity index (χ3n) is 4.85. The summed E-state index contributed by atoms with van der Waals surface area (Å²) in [5.41, 5.74) is 1.78. The summed E-state index contributed by atoms with van der Waals surface area (Å²) in [4.78, 5) is 12.9. The average molecular weight is 405 g/mol. The van der Waals surface area contributed by atoms with Gasteiger partial charge in [0.25, 0.3) is 0 Å². The summed E-state index contributed by atoms with van der Waals surface area (Å²) < 4.78 is 27.5. The molecule has 0 saturated carbocycles. The first-order valence-electron chi connectivity index (χ1n) is 8.99. The number of nitrogens with one attached hydrogen (secondary N) is 1. The Kier molecular flexibility index (Phi) is 6.24. The molecular weight excluding hydrogens is 380 g/mol. The maximum atomic E-state index is 13.1. The molecule has 0 aliphatic carbocycles. The van der Waals surface area contributed by atoms with Crippen LogP contribution in [0.4, 0.5) is 5.69 Å². The van der Waals surface area contributed by atoms with E-state index < -0.39 is 16.1 Å². The minimum atomic E-state index is -3.72. The van der Waals surface area contributed by atoms with Crippen molar-refractivity contribution in [3.05, 3.63) is 60.2 Å². The van der Waals surface area contributed by atoms with Crippen LogP contribution in [0.1, 0.15) is 31.7 Å². The number of benzene rings is 2. The highest BCUT2D eigenvalue weighted by molar-refractivity contribution is 8.00. The second-order valence-corrected chi connectivity index (χ2v) is 9.53. The monoisotopic (exact) mass is 404 g/mol. The summed E-state index contributed by atoms with van der Waals surface area (Å²) in [6.45, 7) is 4.22. The number of carbonyl (C=O) groups is 1. The third-order valence-corrected chi connectivity index (χ3v) is 7.90. The minimum Gasteiger partial charge on any atom is -0.325 e. The molecule has 3 rings (SSSR count). The average Bonchev–Trinajstić information content (AvgIpc) is 3.19. The second-order valence-electron chi connectivity index (χ2n) is 6.64. The number of hydrogen-bond donors (Lipinski definition) is 1. The zero-order chi connectivity index (χ0) is 19.4. The van der Waals surface area contributed by atoms with Gasteiger partial charge in [-0.25, -0.2) is 8.42 Å². The lowest BCUT2D eigenvalue weighted by Gasteiger charge is -2.23. The van der Waals surface area contributed by atoms with Crippen molar-refractivity contribution in [3.63, 3.8) is 0 Å². The molecule has 1 aliphatic rings. The standard InChI is InChI=1S/C20H24N2O3S2/c1-3-15(2)16-9-11-18(12-10-16)27(24,25)22-14-26-13-19(22)20(23)21-17-7-5-4-6-8-17/h4-12,15,19H,3,13-14H2,1-2H3,(H,21,23)/t15-,19-/m0/s1. The van der Waals surface area contributed by atoms with Gasteiger partial charge in [0.05, 0.1) is 10.8 Å². The number of nitrogens with zero attached hydrogens (tertiary/aromatic N) is 1. The van der Waals surface area contributed by atoms with E-state index >= 15 is 0 Å². The largest absolute Gasteiger partial charge is 0.325 e. The fourth-order valence-corrected chi connectivity index (χ4v) is 6.11. The van der Waals surface area contributed by atoms with Gasteiger partial charge in [0.1, 0.15) is 6.04 Å². The first-order chi connectivity index (χ1) is 12.9. The predicted octanol–water partition coefficient (Wildman–Crippen LogP) is 3.90. The molecule has 1 fully saturated rings. The molecule has 0 aromatic heterocycles. The Morgan fingerprint density at radius 2 is 1.85 bits per heavy atom. The summed E-state index contributed by atoms with van der Waals surface area (Å²) in [5.74, 6) is 0.810.